The molecule has 0 aliphatic rings. The third kappa shape index (κ3) is 3.86. The van der Waals surface area contributed by atoms with Crippen molar-refractivity contribution in [3.8, 4) is 5.75 Å². The number of hydrogen-bond donors (Lipinski definition) is 1. The average molecular weight is 349 g/mol. The second-order valence-corrected chi connectivity index (χ2v) is 5.72. The van der Waals surface area contributed by atoms with Gasteiger partial charge in [0.25, 0.3) is 0 Å². The number of rotatable bonds is 6. The van der Waals surface area contributed by atoms with E-state index in [1.807, 2.05) is 6.07 Å². The Balaban J connectivity index is 2.43. The molecule has 1 aromatic carbocycles. The lowest BCUT2D eigenvalue weighted by Gasteiger charge is -2.19. The number of furan rings is 1. The zero-order chi connectivity index (χ0) is 15.4. The van der Waals surface area contributed by atoms with Gasteiger partial charge < -0.3 is 14.5 Å². The highest BCUT2D eigenvalue weighted by molar-refractivity contribution is 6.34. The van der Waals surface area contributed by atoms with Gasteiger partial charge in [-0.25, -0.2) is 0 Å². The molecule has 6 heteroatoms. The molecule has 0 spiro atoms. The molecule has 114 valence electrons. The number of halogens is 3. The zero-order valence-electron chi connectivity index (χ0n) is 11.8. The van der Waals surface area contributed by atoms with Gasteiger partial charge >= 0.3 is 0 Å². The molecule has 21 heavy (non-hydrogen) atoms. The monoisotopic (exact) mass is 347 g/mol. The molecule has 0 radical (unpaired) electrons. The maximum atomic E-state index is 6.36. The minimum absolute atomic E-state index is 0.214. The van der Waals surface area contributed by atoms with Gasteiger partial charge in [-0.3, -0.25) is 0 Å². The average Bonchev–Trinajstić information content (AvgIpc) is 2.89. The van der Waals surface area contributed by atoms with Crippen LogP contribution in [0.4, 0.5) is 0 Å². The van der Waals surface area contributed by atoms with Crippen molar-refractivity contribution in [2.45, 2.75) is 19.4 Å². The van der Waals surface area contributed by atoms with Crippen molar-refractivity contribution in [1.29, 1.82) is 0 Å². The summed E-state index contributed by atoms with van der Waals surface area (Å²) < 4.78 is 10.7. The molecule has 1 aromatic heterocycles. The summed E-state index contributed by atoms with van der Waals surface area (Å²) in [5, 5.41) is 4.77. The highest BCUT2D eigenvalue weighted by Crippen LogP contribution is 2.37. The first-order valence-corrected chi connectivity index (χ1v) is 7.71. The summed E-state index contributed by atoms with van der Waals surface area (Å²) >= 11 is 18.4. The van der Waals surface area contributed by atoms with Gasteiger partial charge in [0.05, 0.1) is 18.2 Å². The summed E-state index contributed by atoms with van der Waals surface area (Å²) in [4.78, 5) is 0. The van der Waals surface area contributed by atoms with Gasteiger partial charge in [0.1, 0.15) is 11.5 Å². The third-order valence-corrected chi connectivity index (χ3v) is 3.88. The van der Waals surface area contributed by atoms with Crippen LogP contribution in [0.2, 0.25) is 15.3 Å². The van der Waals surface area contributed by atoms with Crippen LogP contribution < -0.4 is 10.1 Å². The van der Waals surface area contributed by atoms with Crippen LogP contribution in [0.1, 0.15) is 30.7 Å². The highest BCUT2D eigenvalue weighted by Gasteiger charge is 2.21. The summed E-state index contributed by atoms with van der Waals surface area (Å²) in [5.74, 6) is 1.23. The first-order valence-electron chi connectivity index (χ1n) is 6.58. The van der Waals surface area contributed by atoms with E-state index in [1.54, 1.807) is 25.3 Å². The van der Waals surface area contributed by atoms with E-state index in [2.05, 4.69) is 12.2 Å². The molecule has 0 aliphatic heterocycles. The Morgan fingerprint density at radius 1 is 1.19 bits per heavy atom. The molecule has 1 atom stereocenters. The van der Waals surface area contributed by atoms with Crippen molar-refractivity contribution in [3.63, 3.8) is 0 Å². The van der Waals surface area contributed by atoms with Crippen LogP contribution in [0.5, 0.6) is 5.75 Å². The van der Waals surface area contributed by atoms with Crippen molar-refractivity contribution in [1.82, 2.24) is 5.32 Å². The smallest absolute Gasteiger partial charge is 0.193 e. The topological polar surface area (TPSA) is 34.4 Å². The lowest BCUT2D eigenvalue weighted by atomic mass is 10.0. The van der Waals surface area contributed by atoms with E-state index < -0.39 is 0 Å². The Morgan fingerprint density at radius 2 is 1.95 bits per heavy atom. The quantitative estimate of drug-likeness (QED) is 0.765. The molecule has 0 bridgehead atoms. The summed E-state index contributed by atoms with van der Waals surface area (Å²) in [6.45, 7) is 2.89. The van der Waals surface area contributed by atoms with Crippen LogP contribution in [0, 0.1) is 0 Å². The lowest BCUT2D eigenvalue weighted by molar-refractivity contribution is 0.414. The first-order chi connectivity index (χ1) is 10.1. The van der Waals surface area contributed by atoms with Crippen molar-refractivity contribution in [2.24, 2.45) is 0 Å². The fourth-order valence-electron chi connectivity index (χ4n) is 2.06. The summed E-state index contributed by atoms with van der Waals surface area (Å²) in [6, 6.07) is 6.80. The summed E-state index contributed by atoms with van der Waals surface area (Å²) in [7, 11) is 1.55. The Morgan fingerprint density at radius 3 is 2.52 bits per heavy atom. The normalized spacial score (nSPS) is 12.4. The van der Waals surface area contributed by atoms with E-state index in [1.165, 1.54) is 0 Å². The van der Waals surface area contributed by atoms with Gasteiger partial charge in [-0.1, -0.05) is 30.1 Å². The van der Waals surface area contributed by atoms with E-state index in [0.29, 0.717) is 26.8 Å². The highest BCUT2D eigenvalue weighted by atomic mass is 35.5. The minimum atomic E-state index is -0.214. The fraction of sp³-hybridized carbons (Fsp3) is 0.333. The van der Waals surface area contributed by atoms with Gasteiger partial charge in [0.2, 0.25) is 0 Å². The third-order valence-electron chi connectivity index (χ3n) is 3.06. The number of ether oxygens (including phenoxy) is 1. The Hall–Kier alpha value is -0.870. The van der Waals surface area contributed by atoms with Crippen LogP contribution >= 0.6 is 34.8 Å². The molecule has 2 aromatic rings. The van der Waals surface area contributed by atoms with Crippen molar-refractivity contribution < 1.29 is 9.15 Å². The standard InChI is InChI=1S/C15H16Cl3NO2/c1-3-6-19-15(12-4-5-14(18)21-12)9-7-11(17)13(20-2)8-10(9)16/h4-5,7-8,15,19H,3,6H2,1-2H3. The van der Waals surface area contributed by atoms with Crippen LogP contribution in [-0.2, 0) is 0 Å². The zero-order valence-corrected chi connectivity index (χ0v) is 14.0. The summed E-state index contributed by atoms with van der Waals surface area (Å²) in [6.07, 6.45) is 0.979. The predicted octanol–water partition coefficient (Wildman–Crippen LogP) is 5.34. The number of hydrogen-bond acceptors (Lipinski definition) is 3. The fourth-order valence-corrected chi connectivity index (χ4v) is 2.72. The molecule has 0 amide bonds. The molecule has 1 heterocycles. The molecular weight excluding hydrogens is 333 g/mol. The Kier molecular flexibility index (Phi) is 5.82. The molecule has 1 unspecified atom stereocenters. The van der Waals surface area contributed by atoms with Crippen molar-refractivity contribution in [3.05, 3.63) is 50.9 Å². The van der Waals surface area contributed by atoms with Gasteiger partial charge in [0, 0.05) is 11.1 Å². The van der Waals surface area contributed by atoms with E-state index in [4.69, 9.17) is 44.0 Å². The van der Waals surface area contributed by atoms with Crippen molar-refractivity contribution in [2.75, 3.05) is 13.7 Å². The molecule has 0 saturated carbocycles. The van der Waals surface area contributed by atoms with E-state index in [-0.39, 0.29) is 6.04 Å². The van der Waals surface area contributed by atoms with Crippen LogP contribution in [-0.4, -0.2) is 13.7 Å². The van der Waals surface area contributed by atoms with Gasteiger partial charge in [-0.2, -0.15) is 0 Å². The molecule has 0 saturated heterocycles. The van der Waals surface area contributed by atoms with E-state index in [0.717, 1.165) is 18.5 Å². The Labute approximate surface area is 139 Å². The second kappa shape index (κ2) is 7.41. The molecule has 0 fully saturated rings. The molecular formula is C15H16Cl3NO2. The van der Waals surface area contributed by atoms with E-state index >= 15 is 0 Å². The van der Waals surface area contributed by atoms with Crippen molar-refractivity contribution >= 4 is 34.8 Å². The molecule has 2 rings (SSSR count). The van der Waals surface area contributed by atoms with Gasteiger partial charge in [-0.05, 0) is 48.3 Å². The lowest BCUT2D eigenvalue weighted by Crippen LogP contribution is -2.23. The molecule has 3 nitrogen and oxygen atoms in total. The summed E-state index contributed by atoms with van der Waals surface area (Å²) in [5.41, 5.74) is 0.821. The number of methoxy groups -OCH3 is 1. The maximum Gasteiger partial charge on any atom is 0.193 e. The maximum absolute atomic E-state index is 6.36. The molecule has 0 aliphatic carbocycles. The number of nitrogens with one attached hydrogen (secondary N) is 1. The SMILES string of the molecule is CCCNC(c1ccc(Cl)o1)c1cc(Cl)c(OC)cc1Cl. The minimum Gasteiger partial charge on any atom is -0.495 e. The van der Waals surface area contributed by atoms with Crippen LogP contribution in [0.3, 0.4) is 0 Å². The van der Waals surface area contributed by atoms with E-state index in [9.17, 15) is 0 Å². The van der Waals surface area contributed by atoms with Gasteiger partial charge in [0.15, 0.2) is 5.22 Å². The van der Waals surface area contributed by atoms with Crippen LogP contribution in [0.15, 0.2) is 28.7 Å². The number of benzene rings is 1. The largest absolute Gasteiger partial charge is 0.495 e. The first kappa shape index (κ1) is 16.5. The second-order valence-electron chi connectivity index (χ2n) is 4.54. The Bertz CT molecular complexity index is 613. The predicted molar refractivity (Wildman–Crippen MR) is 86.9 cm³/mol. The van der Waals surface area contributed by atoms with Crippen LogP contribution in [0.25, 0.3) is 0 Å². The van der Waals surface area contributed by atoms with Gasteiger partial charge in [-0.15, -0.1) is 0 Å². The molecule has 1 N–H and O–H groups in total.